The number of rotatable bonds is 7. The van der Waals surface area contributed by atoms with E-state index in [4.69, 9.17) is 13.0 Å². The lowest BCUT2D eigenvalue weighted by molar-refractivity contribution is -0.118. The molecule has 6 nitrogen and oxygen atoms in total. The van der Waals surface area contributed by atoms with Crippen LogP contribution < -0.4 is 4.74 Å². The number of ketones is 1. The molecule has 0 aliphatic heterocycles. The summed E-state index contributed by atoms with van der Waals surface area (Å²) in [4.78, 5) is 11.6. The molecule has 0 N–H and O–H groups in total. The van der Waals surface area contributed by atoms with Gasteiger partial charge in [-0.2, -0.15) is 0 Å². The van der Waals surface area contributed by atoms with E-state index < -0.39 is 25.2 Å². The van der Waals surface area contributed by atoms with Gasteiger partial charge in [0.05, 0.1) is 12.6 Å². The highest BCUT2D eigenvalue weighted by atomic mass is 16.5. The largest absolute Gasteiger partial charge is 0.494 e. The van der Waals surface area contributed by atoms with Crippen molar-refractivity contribution in [3.8, 4) is 5.75 Å². The Morgan fingerprint density at radius 3 is 2.93 bits per heavy atom. The maximum atomic E-state index is 11.6. The van der Waals surface area contributed by atoms with E-state index in [2.05, 4.69) is 15.5 Å². The monoisotopic (exact) mass is 374 g/mol. The Hall–Kier alpha value is -2.24. The number of ether oxygens (including phenoxy) is 1. The predicted molar refractivity (Wildman–Crippen MR) is 102 cm³/mol. The van der Waals surface area contributed by atoms with Crippen LogP contribution in [0, 0.1) is 0 Å². The summed E-state index contributed by atoms with van der Waals surface area (Å²) in [7, 11) is 0. The number of tetrazole rings is 1. The van der Waals surface area contributed by atoms with Crippen molar-refractivity contribution in [2.75, 3.05) is 6.61 Å². The van der Waals surface area contributed by atoms with Gasteiger partial charge in [-0.25, -0.2) is 4.68 Å². The van der Waals surface area contributed by atoms with Crippen molar-refractivity contribution in [3.05, 3.63) is 35.2 Å². The minimum Gasteiger partial charge on any atom is -0.494 e. The lowest BCUT2D eigenvalue weighted by Crippen LogP contribution is -2.17. The smallest absolute Gasteiger partial charge is 0.151 e. The normalized spacial score (nSPS) is 26.6. The minimum atomic E-state index is -2.59. The highest BCUT2D eigenvalue weighted by molar-refractivity contribution is 5.83. The molecule has 2 aliphatic rings. The van der Waals surface area contributed by atoms with Gasteiger partial charge in [-0.3, -0.25) is 4.79 Å². The molecule has 0 saturated heterocycles. The summed E-state index contributed by atoms with van der Waals surface area (Å²) < 4.78 is 55.4. The summed E-state index contributed by atoms with van der Waals surface area (Å²) in [5.41, 5.74) is 2.25. The number of Topliss-reactive ketones (excluding diaryl/α,β-unsaturated/α-hetero) is 1. The van der Waals surface area contributed by atoms with Gasteiger partial charge < -0.3 is 4.74 Å². The Kier molecular flexibility index (Phi) is 3.92. The molecule has 1 aromatic heterocycles. The van der Waals surface area contributed by atoms with Crippen LogP contribution in [0.25, 0.3) is 0 Å². The second-order valence-electron chi connectivity index (χ2n) is 7.03. The summed E-state index contributed by atoms with van der Waals surface area (Å²) in [5, 5.41) is 11.7. The van der Waals surface area contributed by atoms with Gasteiger partial charge in [0, 0.05) is 27.5 Å². The van der Waals surface area contributed by atoms with Crippen LogP contribution in [0.15, 0.2) is 18.2 Å². The third kappa shape index (κ3) is 4.54. The summed E-state index contributed by atoms with van der Waals surface area (Å²) in [5.74, 6) is 1.60. The van der Waals surface area contributed by atoms with Crippen molar-refractivity contribution in [2.45, 2.75) is 76.5 Å². The maximum absolute atomic E-state index is 11.6. The molecular formula is C21H28N4O2. The molecule has 1 heterocycles. The van der Waals surface area contributed by atoms with Crippen LogP contribution in [-0.4, -0.2) is 32.6 Å². The Labute approximate surface area is 168 Å². The van der Waals surface area contributed by atoms with Gasteiger partial charge in [-0.15, -0.1) is 5.10 Å². The highest BCUT2D eigenvalue weighted by Crippen LogP contribution is 2.28. The zero-order chi connectivity index (χ0) is 23.9. The van der Waals surface area contributed by atoms with Crippen LogP contribution >= 0.6 is 0 Å². The lowest BCUT2D eigenvalue weighted by Gasteiger charge is -2.22. The molecule has 0 spiro atoms. The number of benzene rings is 1. The SMILES string of the molecule is [2H]C1([2H])CC(n2nnnc2CCCCOc2ccc3c(c2)CCC(=O)C3)CC([2H])([2H])C1([2H])[2H]. The average molecular weight is 375 g/mol. The fourth-order valence-corrected chi connectivity index (χ4v) is 3.55. The molecule has 27 heavy (non-hydrogen) atoms. The van der Waals surface area contributed by atoms with E-state index in [0.29, 0.717) is 31.7 Å². The number of unbranched alkanes of at least 4 members (excludes halogenated alkanes) is 1. The Morgan fingerprint density at radius 1 is 1.15 bits per heavy atom. The topological polar surface area (TPSA) is 69.9 Å². The number of hydrogen-bond donors (Lipinski definition) is 0. The number of nitrogens with zero attached hydrogens (tertiary/aromatic N) is 4. The molecule has 6 heteroatoms. The van der Waals surface area contributed by atoms with Gasteiger partial charge in [-0.05, 0) is 65.8 Å². The van der Waals surface area contributed by atoms with Crippen LogP contribution in [-0.2, 0) is 24.1 Å². The molecule has 144 valence electrons. The molecule has 0 amide bonds. The van der Waals surface area contributed by atoms with E-state index in [9.17, 15) is 4.79 Å². The molecule has 2 aliphatic carbocycles. The number of aryl methyl sites for hydroxylation is 2. The van der Waals surface area contributed by atoms with Crippen molar-refractivity contribution in [3.63, 3.8) is 0 Å². The fourth-order valence-electron chi connectivity index (χ4n) is 3.55. The van der Waals surface area contributed by atoms with E-state index >= 15 is 0 Å². The molecular weight excluding hydrogens is 340 g/mol. The van der Waals surface area contributed by atoms with Crippen molar-refractivity contribution >= 4 is 5.78 Å². The first-order valence-electron chi connectivity index (χ1n) is 12.5. The molecule has 1 saturated carbocycles. The summed E-state index contributed by atoms with van der Waals surface area (Å²) in [6, 6.07) is 5.20. The van der Waals surface area contributed by atoms with Crippen LogP contribution in [0.3, 0.4) is 0 Å². The number of fused-ring (bicyclic) bond motifs is 1. The Bertz CT molecular complexity index is 1010. The fraction of sp³-hybridized carbons (Fsp3) is 0.619. The third-order valence-corrected chi connectivity index (χ3v) is 5.06. The average Bonchev–Trinajstić information content (AvgIpc) is 3.20. The number of carbonyl (C=O) groups excluding carboxylic acids is 1. The molecule has 0 radical (unpaired) electrons. The minimum absolute atomic E-state index is 0.190. The van der Waals surface area contributed by atoms with Gasteiger partial charge in [-0.1, -0.05) is 25.2 Å². The molecule has 0 unspecified atom stereocenters. The maximum Gasteiger partial charge on any atom is 0.151 e. The van der Waals surface area contributed by atoms with Crippen LogP contribution in [0.2, 0.25) is 0 Å². The Morgan fingerprint density at radius 2 is 2.04 bits per heavy atom. The lowest BCUT2D eigenvalue weighted by atomic mass is 9.91. The first-order chi connectivity index (χ1) is 15.5. The van der Waals surface area contributed by atoms with Gasteiger partial charge in [0.2, 0.25) is 0 Å². The molecule has 4 rings (SSSR count). The first-order valence-corrected chi connectivity index (χ1v) is 9.53. The molecule has 0 bridgehead atoms. The summed E-state index contributed by atoms with van der Waals surface area (Å²) in [6.45, 7) is 0.508. The second kappa shape index (κ2) is 8.63. The first kappa shape index (κ1) is 12.3. The predicted octanol–water partition coefficient (Wildman–Crippen LogP) is 3.64. The van der Waals surface area contributed by atoms with E-state index in [0.717, 1.165) is 30.6 Å². The van der Waals surface area contributed by atoms with Crippen LogP contribution in [0.4, 0.5) is 0 Å². The van der Waals surface area contributed by atoms with Gasteiger partial charge in [0.15, 0.2) is 5.82 Å². The van der Waals surface area contributed by atoms with Crippen molar-refractivity contribution in [1.29, 1.82) is 0 Å². The van der Waals surface area contributed by atoms with Crippen LogP contribution in [0.5, 0.6) is 5.75 Å². The standard InChI is InChI=1S/C21H28N4O2/c26-19-11-9-17-15-20(12-10-16(17)14-19)27-13-5-4-8-21-22-23-24-25(21)18-6-2-1-3-7-18/h10,12,15,18H,1-9,11,13-14H2/i1D2,2D2,3D2. The molecule has 1 fully saturated rings. The number of hydrogen-bond acceptors (Lipinski definition) is 5. The second-order valence-corrected chi connectivity index (χ2v) is 7.03. The van der Waals surface area contributed by atoms with Gasteiger partial charge in [0.1, 0.15) is 11.5 Å². The summed E-state index contributed by atoms with van der Waals surface area (Å²) >= 11 is 0. The molecule has 1 aromatic carbocycles. The van der Waals surface area contributed by atoms with E-state index in [-0.39, 0.29) is 18.6 Å². The quantitative estimate of drug-likeness (QED) is 0.692. The zero-order valence-corrected chi connectivity index (χ0v) is 15.3. The van der Waals surface area contributed by atoms with Gasteiger partial charge >= 0.3 is 0 Å². The number of carbonyl (C=O) groups is 1. The summed E-state index contributed by atoms with van der Waals surface area (Å²) in [6.07, 6.45) is -3.80. The molecule has 0 atom stereocenters. The van der Waals surface area contributed by atoms with Gasteiger partial charge in [0.25, 0.3) is 0 Å². The van der Waals surface area contributed by atoms with E-state index in [1.54, 1.807) is 0 Å². The van der Waals surface area contributed by atoms with Crippen molar-refractivity contribution < 1.29 is 17.8 Å². The zero-order valence-electron chi connectivity index (χ0n) is 21.3. The highest BCUT2D eigenvalue weighted by Gasteiger charge is 2.19. The third-order valence-electron chi connectivity index (χ3n) is 5.06. The number of aromatic nitrogens is 4. The Balaban J connectivity index is 1.30. The van der Waals surface area contributed by atoms with E-state index in [1.807, 2.05) is 18.2 Å². The van der Waals surface area contributed by atoms with Crippen LogP contribution in [0.1, 0.15) is 82.4 Å². The van der Waals surface area contributed by atoms with E-state index in [1.165, 1.54) is 10.2 Å². The molecule has 2 aromatic rings. The van der Waals surface area contributed by atoms with Crippen molar-refractivity contribution in [2.24, 2.45) is 0 Å². The van der Waals surface area contributed by atoms with Crippen molar-refractivity contribution in [1.82, 2.24) is 20.2 Å².